The molecule has 0 radical (unpaired) electrons. The van der Waals surface area contributed by atoms with Crippen LogP contribution in [0.15, 0.2) is 48.5 Å². The lowest BCUT2D eigenvalue weighted by atomic mass is 9.87. The van der Waals surface area contributed by atoms with Gasteiger partial charge in [-0.05, 0) is 61.7 Å². The number of benzene rings is 2. The van der Waals surface area contributed by atoms with Gasteiger partial charge < -0.3 is 5.32 Å². The highest BCUT2D eigenvalue weighted by atomic mass is 32.1. The van der Waals surface area contributed by atoms with Gasteiger partial charge in [0, 0.05) is 11.7 Å². The van der Waals surface area contributed by atoms with E-state index in [9.17, 15) is 9.18 Å². The number of fused-ring (bicyclic) bond motifs is 1. The van der Waals surface area contributed by atoms with Crippen molar-refractivity contribution >= 4 is 22.9 Å². The quantitative estimate of drug-likeness (QED) is 0.693. The molecule has 0 fully saturated rings. The number of amides is 1. The third kappa shape index (κ3) is 4.10. The fourth-order valence-electron chi connectivity index (χ4n) is 3.64. The van der Waals surface area contributed by atoms with Gasteiger partial charge in [0.2, 0.25) is 5.01 Å². The Bertz CT molecular complexity index is 973. The monoisotopic (exact) mass is 396 g/mol. The van der Waals surface area contributed by atoms with Crippen LogP contribution < -0.4 is 5.32 Å². The maximum Gasteiger partial charge on any atom is 0.286 e. The molecule has 28 heavy (non-hydrogen) atoms. The number of aryl methyl sites for hydroxylation is 1. The van der Waals surface area contributed by atoms with Gasteiger partial charge in [0.25, 0.3) is 5.91 Å². The summed E-state index contributed by atoms with van der Waals surface area (Å²) in [4.78, 5) is 14.6. The van der Waals surface area contributed by atoms with Crippen LogP contribution in [0.2, 0.25) is 0 Å². The first kappa shape index (κ1) is 18.7. The average Bonchev–Trinajstić information content (AvgIpc) is 3.18. The van der Waals surface area contributed by atoms with Crippen LogP contribution in [0, 0.1) is 5.82 Å². The molecule has 5 nitrogen and oxygen atoms in total. The minimum absolute atomic E-state index is 0.303. The molecule has 4 rings (SSSR count). The highest BCUT2D eigenvalue weighted by molar-refractivity contribution is 7.13. The molecule has 1 aliphatic rings. The molecule has 0 spiro atoms. The summed E-state index contributed by atoms with van der Waals surface area (Å²) in [5.74, 6) is -0.676. The summed E-state index contributed by atoms with van der Waals surface area (Å²) in [5, 5.41) is 12.0. The van der Waals surface area contributed by atoms with Crippen LogP contribution in [-0.4, -0.2) is 28.1 Å². The summed E-state index contributed by atoms with van der Waals surface area (Å²) < 4.78 is 13.0. The number of anilines is 1. The summed E-state index contributed by atoms with van der Waals surface area (Å²) in [7, 11) is 2.09. The van der Waals surface area contributed by atoms with Gasteiger partial charge in [-0.2, -0.15) is 0 Å². The van der Waals surface area contributed by atoms with Crippen molar-refractivity contribution in [1.82, 2.24) is 15.1 Å². The number of nitrogens with zero attached hydrogens (tertiary/aromatic N) is 3. The molecule has 2 aromatic carbocycles. The zero-order chi connectivity index (χ0) is 19.5. The Labute approximate surface area is 167 Å². The fourth-order valence-corrected chi connectivity index (χ4v) is 4.44. The van der Waals surface area contributed by atoms with Gasteiger partial charge >= 0.3 is 0 Å². The summed E-state index contributed by atoms with van der Waals surface area (Å²) in [6, 6.07) is 14.6. The molecule has 0 bridgehead atoms. The summed E-state index contributed by atoms with van der Waals surface area (Å²) in [5.41, 5.74) is 3.33. The molecule has 144 valence electrons. The largest absolute Gasteiger partial charge is 0.320 e. The van der Waals surface area contributed by atoms with E-state index in [1.807, 2.05) is 0 Å². The van der Waals surface area contributed by atoms with E-state index in [4.69, 9.17) is 0 Å². The maximum absolute atomic E-state index is 13.0. The zero-order valence-corrected chi connectivity index (χ0v) is 16.4. The fraction of sp³-hybridized carbons (Fsp3) is 0.286. The Hall–Kier alpha value is -2.64. The van der Waals surface area contributed by atoms with E-state index in [1.165, 1.54) is 53.1 Å². The molecule has 1 aromatic heterocycles. The molecule has 0 aliphatic heterocycles. The van der Waals surface area contributed by atoms with Gasteiger partial charge in [-0.25, -0.2) is 4.39 Å². The lowest BCUT2D eigenvalue weighted by Gasteiger charge is -2.32. The van der Waals surface area contributed by atoms with E-state index in [0.29, 0.717) is 23.3 Å². The molecule has 1 amide bonds. The van der Waals surface area contributed by atoms with Crippen LogP contribution in [0.25, 0.3) is 0 Å². The molecule has 1 unspecified atom stereocenters. The van der Waals surface area contributed by atoms with Crippen molar-refractivity contribution in [1.29, 1.82) is 0 Å². The standard InChI is InChI=1S/C21H21FN4OS/c1-26(18-8-4-6-14-5-2-3-7-17(14)18)13-19-24-25-21(28-19)20(27)23-16-11-9-15(22)10-12-16/h2-3,5,7,9-12,18H,4,6,8,13H2,1H3,(H,23,27). The topological polar surface area (TPSA) is 58.1 Å². The van der Waals surface area contributed by atoms with Crippen molar-refractivity contribution in [2.24, 2.45) is 0 Å². The molecule has 1 heterocycles. The second kappa shape index (κ2) is 8.16. The Kier molecular flexibility index (Phi) is 5.45. The molecule has 0 saturated heterocycles. The van der Waals surface area contributed by atoms with Gasteiger partial charge in [-0.15, -0.1) is 10.2 Å². The lowest BCUT2D eigenvalue weighted by Crippen LogP contribution is -2.27. The van der Waals surface area contributed by atoms with Crippen molar-refractivity contribution in [2.75, 3.05) is 12.4 Å². The minimum Gasteiger partial charge on any atom is -0.320 e. The van der Waals surface area contributed by atoms with Crippen molar-refractivity contribution < 1.29 is 9.18 Å². The van der Waals surface area contributed by atoms with Crippen LogP contribution in [0.4, 0.5) is 10.1 Å². The third-order valence-corrected chi connectivity index (χ3v) is 5.92. The van der Waals surface area contributed by atoms with E-state index in [2.05, 4.69) is 51.7 Å². The number of rotatable bonds is 5. The predicted octanol–water partition coefficient (Wildman–Crippen LogP) is 4.44. The molecule has 3 aromatic rings. The summed E-state index contributed by atoms with van der Waals surface area (Å²) in [6.07, 6.45) is 3.42. The normalized spacial score (nSPS) is 16.0. The van der Waals surface area contributed by atoms with E-state index in [0.717, 1.165) is 17.8 Å². The molecular weight excluding hydrogens is 375 g/mol. The number of carbonyl (C=O) groups excluding carboxylic acids is 1. The van der Waals surface area contributed by atoms with Gasteiger partial charge in [0.05, 0.1) is 6.54 Å². The Morgan fingerprint density at radius 3 is 2.82 bits per heavy atom. The highest BCUT2D eigenvalue weighted by Gasteiger charge is 2.24. The van der Waals surface area contributed by atoms with Crippen LogP contribution in [0.3, 0.4) is 0 Å². The smallest absolute Gasteiger partial charge is 0.286 e. The number of hydrogen-bond donors (Lipinski definition) is 1. The van der Waals surface area contributed by atoms with E-state index < -0.39 is 0 Å². The number of nitrogens with one attached hydrogen (secondary N) is 1. The van der Waals surface area contributed by atoms with Gasteiger partial charge in [0.15, 0.2) is 0 Å². The van der Waals surface area contributed by atoms with E-state index in [1.54, 1.807) is 0 Å². The molecule has 1 N–H and O–H groups in total. The number of hydrogen-bond acceptors (Lipinski definition) is 5. The molecular formula is C21H21FN4OS. The first-order valence-electron chi connectivity index (χ1n) is 9.27. The van der Waals surface area contributed by atoms with Gasteiger partial charge in [-0.3, -0.25) is 9.69 Å². The molecule has 1 aliphatic carbocycles. The number of halogens is 1. The van der Waals surface area contributed by atoms with Crippen LogP contribution in [0.5, 0.6) is 0 Å². The van der Waals surface area contributed by atoms with Crippen LogP contribution in [0.1, 0.15) is 44.8 Å². The van der Waals surface area contributed by atoms with Crippen molar-refractivity contribution in [3.63, 3.8) is 0 Å². The van der Waals surface area contributed by atoms with Gasteiger partial charge in [-0.1, -0.05) is 35.6 Å². The maximum atomic E-state index is 13.0. The Morgan fingerprint density at radius 1 is 1.21 bits per heavy atom. The first-order chi connectivity index (χ1) is 13.6. The van der Waals surface area contributed by atoms with E-state index in [-0.39, 0.29) is 11.7 Å². The zero-order valence-electron chi connectivity index (χ0n) is 15.6. The Morgan fingerprint density at radius 2 is 2.00 bits per heavy atom. The average molecular weight is 396 g/mol. The molecule has 1 atom stereocenters. The minimum atomic E-state index is -0.344. The van der Waals surface area contributed by atoms with Crippen LogP contribution >= 0.6 is 11.3 Å². The highest BCUT2D eigenvalue weighted by Crippen LogP contribution is 2.34. The molecule has 7 heteroatoms. The lowest BCUT2D eigenvalue weighted by molar-refractivity contribution is 0.102. The molecule has 0 saturated carbocycles. The number of carbonyl (C=O) groups is 1. The first-order valence-corrected chi connectivity index (χ1v) is 10.1. The second-order valence-corrected chi connectivity index (χ2v) is 8.05. The summed E-state index contributed by atoms with van der Waals surface area (Å²) >= 11 is 1.29. The van der Waals surface area contributed by atoms with E-state index >= 15 is 0 Å². The SMILES string of the molecule is CN(Cc1nnc(C(=O)Nc2ccc(F)cc2)s1)C1CCCc2ccccc21. The third-order valence-electron chi connectivity index (χ3n) is 5.02. The Balaban J connectivity index is 1.42. The van der Waals surface area contributed by atoms with Crippen molar-refractivity contribution in [3.8, 4) is 0 Å². The van der Waals surface area contributed by atoms with Gasteiger partial charge in [0.1, 0.15) is 10.8 Å². The second-order valence-electron chi connectivity index (χ2n) is 6.98. The predicted molar refractivity (Wildman–Crippen MR) is 108 cm³/mol. The van der Waals surface area contributed by atoms with Crippen molar-refractivity contribution in [2.45, 2.75) is 31.8 Å². The summed E-state index contributed by atoms with van der Waals surface area (Å²) in [6.45, 7) is 0.639. The van der Waals surface area contributed by atoms with Crippen LogP contribution in [-0.2, 0) is 13.0 Å². The number of aromatic nitrogens is 2. The van der Waals surface area contributed by atoms with Crippen molar-refractivity contribution in [3.05, 3.63) is 75.5 Å².